The largest absolute Gasteiger partial charge is 0.480 e. The first-order chi connectivity index (χ1) is 12.0. The van der Waals surface area contributed by atoms with Crippen molar-refractivity contribution >= 4 is 45.6 Å². The second kappa shape index (κ2) is 7.75. The first-order valence-corrected chi connectivity index (χ1v) is 9.58. The van der Waals surface area contributed by atoms with Crippen molar-refractivity contribution in [2.75, 3.05) is 11.9 Å². The Morgan fingerprint density at radius 2 is 2.16 bits per heavy atom. The number of carbonyl (C=O) groups is 3. The van der Waals surface area contributed by atoms with Gasteiger partial charge in [-0.05, 0) is 24.3 Å². The van der Waals surface area contributed by atoms with Gasteiger partial charge in [0.25, 0.3) is 0 Å². The highest BCUT2D eigenvalue weighted by Crippen LogP contribution is 2.21. The minimum atomic E-state index is -0.967. The van der Waals surface area contributed by atoms with Crippen molar-refractivity contribution < 1.29 is 19.5 Å². The van der Waals surface area contributed by atoms with E-state index in [1.807, 2.05) is 17.5 Å². The molecule has 0 saturated carbocycles. The number of hydrogen-bond acceptors (Lipinski definition) is 6. The molecule has 1 unspecified atom stereocenters. The summed E-state index contributed by atoms with van der Waals surface area (Å²) in [6.07, 6.45) is 1.52. The van der Waals surface area contributed by atoms with Crippen molar-refractivity contribution in [3.8, 4) is 0 Å². The van der Waals surface area contributed by atoms with Crippen LogP contribution >= 0.6 is 22.7 Å². The van der Waals surface area contributed by atoms with Gasteiger partial charge in [0.15, 0.2) is 5.13 Å². The van der Waals surface area contributed by atoms with Gasteiger partial charge in [-0.2, -0.15) is 0 Å². The lowest BCUT2D eigenvalue weighted by atomic mass is 10.2. The van der Waals surface area contributed by atoms with Crippen LogP contribution < -0.4 is 5.32 Å². The Labute approximate surface area is 152 Å². The molecule has 3 rings (SSSR count). The standard InChI is InChI=1S/C16H17N3O4S2/c20-13(8-11-3-2-6-24-11)18-16-17-10(9-25-16)7-14(21)19-5-1-4-12(19)15(22)23/h2-3,6,9,12H,1,4-5,7-8H2,(H,22,23)(H,17,18,20). The number of nitrogens with zero attached hydrogens (tertiary/aromatic N) is 2. The quantitative estimate of drug-likeness (QED) is 0.800. The Balaban J connectivity index is 1.55. The molecule has 2 N–H and O–H groups in total. The van der Waals surface area contributed by atoms with E-state index in [0.29, 0.717) is 36.6 Å². The first-order valence-electron chi connectivity index (χ1n) is 7.82. The highest BCUT2D eigenvalue weighted by molar-refractivity contribution is 7.14. The molecule has 25 heavy (non-hydrogen) atoms. The second-order valence-corrected chi connectivity index (χ2v) is 7.60. The zero-order valence-electron chi connectivity index (χ0n) is 13.3. The normalized spacial score (nSPS) is 16.8. The van der Waals surface area contributed by atoms with Crippen molar-refractivity contribution in [2.24, 2.45) is 0 Å². The van der Waals surface area contributed by atoms with Crippen molar-refractivity contribution in [1.82, 2.24) is 9.88 Å². The van der Waals surface area contributed by atoms with E-state index in [0.717, 1.165) is 4.88 Å². The maximum atomic E-state index is 12.3. The maximum Gasteiger partial charge on any atom is 0.326 e. The van der Waals surface area contributed by atoms with Gasteiger partial charge in [0.2, 0.25) is 11.8 Å². The summed E-state index contributed by atoms with van der Waals surface area (Å²) in [4.78, 5) is 42.1. The topological polar surface area (TPSA) is 99.6 Å². The minimum absolute atomic E-state index is 0.0427. The fourth-order valence-corrected chi connectivity index (χ4v) is 4.19. The summed E-state index contributed by atoms with van der Waals surface area (Å²) >= 11 is 2.77. The number of carboxylic acid groups (broad SMARTS) is 1. The Morgan fingerprint density at radius 3 is 2.88 bits per heavy atom. The Hall–Kier alpha value is -2.26. The molecule has 0 bridgehead atoms. The van der Waals surface area contributed by atoms with E-state index >= 15 is 0 Å². The third kappa shape index (κ3) is 4.43. The molecule has 0 aromatic carbocycles. The number of thiophene rings is 1. The molecule has 1 atom stereocenters. The van der Waals surface area contributed by atoms with Crippen LogP contribution in [0.3, 0.4) is 0 Å². The van der Waals surface area contributed by atoms with Crippen LogP contribution in [0.25, 0.3) is 0 Å². The molecule has 2 aromatic heterocycles. The van der Waals surface area contributed by atoms with E-state index in [-0.39, 0.29) is 18.2 Å². The summed E-state index contributed by atoms with van der Waals surface area (Å²) in [6.45, 7) is 0.463. The first kappa shape index (κ1) is 17.6. The zero-order valence-corrected chi connectivity index (χ0v) is 14.9. The molecular weight excluding hydrogens is 362 g/mol. The number of aliphatic carboxylic acids is 1. The lowest BCUT2D eigenvalue weighted by molar-refractivity contribution is -0.148. The number of carboxylic acids is 1. The maximum absolute atomic E-state index is 12.3. The van der Waals surface area contributed by atoms with Crippen molar-refractivity contribution in [2.45, 2.75) is 31.7 Å². The van der Waals surface area contributed by atoms with Crippen molar-refractivity contribution in [3.05, 3.63) is 33.5 Å². The predicted octanol–water partition coefficient (Wildman–Crippen LogP) is 2.00. The number of likely N-dealkylation sites (tertiary alicyclic amines) is 1. The third-order valence-electron chi connectivity index (χ3n) is 3.90. The fraction of sp³-hybridized carbons (Fsp3) is 0.375. The third-order valence-corrected chi connectivity index (χ3v) is 5.59. The summed E-state index contributed by atoms with van der Waals surface area (Å²) in [5, 5.41) is 16.0. The van der Waals surface area contributed by atoms with E-state index in [9.17, 15) is 14.4 Å². The lowest BCUT2D eigenvalue weighted by Crippen LogP contribution is -2.41. The molecule has 132 valence electrons. The van der Waals surface area contributed by atoms with Gasteiger partial charge >= 0.3 is 5.97 Å². The van der Waals surface area contributed by atoms with Crippen LogP contribution in [0, 0.1) is 0 Å². The zero-order chi connectivity index (χ0) is 17.8. The fourth-order valence-electron chi connectivity index (χ4n) is 2.76. The van der Waals surface area contributed by atoms with Crippen LogP contribution in [0.5, 0.6) is 0 Å². The number of thiazole rings is 1. The van der Waals surface area contributed by atoms with Gasteiger partial charge in [-0.1, -0.05) is 6.07 Å². The molecule has 0 radical (unpaired) electrons. The Morgan fingerprint density at radius 1 is 1.32 bits per heavy atom. The SMILES string of the molecule is O=C(Cc1cccs1)Nc1nc(CC(=O)N2CCCC2C(=O)O)cs1. The van der Waals surface area contributed by atoms with Gasteiger partial charge < -0.3 is 15.3 Å². The van der Waals surface area contributed by atoms with Gasteiger partial charge in [-0.15, -0.1) is 22.7 Å². The highest BCUT2D eigenvalue weighted by Gasteiger charge is 2.33. The van der Waals surface area contributed by atoms with Gasteiger partial charge in [0.1, 0.15) is 6.04 Å². The molecule has 0 spiro atoms. The van der Waals surface area contributed by atoms with Gasteiger partial charge in [0.05, 0.1) is 18.5 Å². The summed E-state index contributed by atoms with van der Waals surface area (Å²) in [5.41, 5.74) is 0.539. The summed E-state index contributed by atoms with van der Waals surface area (Å²) in [6, 6.07) is 3.05. The van der Waals surface area contributed by atoms with Crippen molar-refractivity contribution in [1.29, 1.82) is 0 Å². The molecule has 9 heteroatoms. The molecule has 1 fully saturated rings. The van der Waals surface area contributed by atoms with E-state index in [2.05, 4.69) is 10.3 Å². The Kier molecular flexibility index (Phi) is 5.44. The molecule has 2 amide bonds. The molecule has 3 heterocycles. The average Bonchev–Trinajstić information content (AvgIpc) is 3.28. The van der Waals surface area contributed by atoms with E-state index in [1.54, 1.807) is 5.38 Å². The van der Waals surface area contributed by atoms with Crippen LogP contribution in [0.4, 0.5) is 5.13 Å². The number of nitrogens with one attached hydrogen (secondary N) is 1. The molecule has 1 saturated heterocycles. The molecule has 7 nitrogen and oxygen atoms in total. The molecular formula is C16H17N3O4S2. The summed E-state index contributed by atoms with van der Waals surface area (Å²) in [5.74, 6) is -1.36. The summed E-state index contributed by atoms with van der Waals surface area (Å²) in [7, 11) is 0. The van der Waals surface area contributed by atoms with E-state index in [1.165, 1.54) is 27.6 Å². The number of aromatic nitrogens is 1. The number of rotatable bonds is 6. The van der Waals surface area contributed by atoms with Crippen LogP contribution in [0.15, 0.2) is 22.9 Å². The van der Waals surface area contributed by atoms with E-state index < -0.39 is 12.0 Å². The lowest BCUT2D eigenvalue weighted by Gasteiger charge is -2.20. The smallest absolute Gasteiger partial charge is 0.326 e. The van der Waals surface area contributed by atoms with Gasteiger partial charge in [-0.3, -0.25) is 9.59 Å². The van der Waals surface area contributed by atoms with E-state index in [4.69, 9.17) is 5.11 Å². The second-order valence-electron chi connectivity index (χ2n) is 5.71. The predicted molar refractivity (Wildman–Crippen MR) is 94.8 cm³/mol. The van der Waals surface area contributed by atoms with Crippen LogP contribution in [-0.4, -0.2) is 45.4 Å². The number of hydrogen-bond donors (Lipinski definition) is 2. The Bertz CT molecular complexity index is 772. The number of carbonyl (C=O) groups excluding carboxylic acids is 2. The van der Waals surface area contributed by atoms with Crippen LogP contribution in [-0.2, 0) is 27.2 Å². The molecule has 0 aliphatic carbocycles. The van der Waals surface area contributed by atoms with Gasteiger partial charge in [-0.25, -0.2) is 9.78 Å². The van der Waals surface area contributed by atoms with Crippen LogP contribution in [0.1, 0.15) is 23.4 Å². The van der Waals surface area contributed by atoms with Crippen molar-refractivity contribution in [3.63, 3.8) is 0 Å². The summed E-state index contributed by atoms with van der Waals surface area (Å²) < 4.78 is 0. The molecule has 1 aliphatic heterocycles. The number of anilines is 1. The highest BCUT2D eigenvalue weighted by atomic mass is 32.1. The molecule has 1 aliphatic rings. The monoisotopic (exact) mass is 379 g/mol. The average molecular weight is 379 g/mol. The molecule has 2 aromatic rings. The minimum Gasteiger partial charge on any atom is -0.480 e. The van der Waals surface area contributed by atoms with Crippen LogP contribution in [0.2, 0.25) is 0 Å². The number of amides is 2. The van der Waals surface area contributed by atoms with Gasteiger partial charge in [0, 0.05) is 16.8 Å².